The Bertz CT molecular complexity index is 708. The van der Waals surface area contributed by atoms with Crippen LogP contribution in [0.25, 0.3) is 0 Å². The second kappa shape index (κ2) is 7.71. The summed E-state index contributed by atoms with van der Waals surface area (Å²) in [6.45, 7) is 0. The second-order valence-corrected chi connectivity index (χ2v) is 7.38. The van der Waals surface area contributed by atoms with Crippen LogP contribution >= 0.6 is 0 Å². The zero-order chi connectivity index (χ0) is 30.7. The molecular formula is C13H2F24. The quantitative estimate of drug-likeness (QED) is 0.274. The van der Waals surface area contributed by atoms with Gasteiger partial charge in [0.25, 0.3) is 10.8 Å². The topological polar surface area (TPSA) is 0 Å². The van der Waals surface area contributed by atoms with Crippen molar-refractivity contribution in [2.45, 2.75) is 54.8 Å². The van der Waals surface area contributed by atoms with Crippen LogP contribution < -0.4 is 0 Å². The summed E-state index contributed by atoms with van der Waals surface area (Å²) in [5.74, 6) is -41.5. The highest BCUT2D eigenvalue weighted by atomic mass is 19.4. The molecule has 1 aliphatic carbocycles. The third kappa shape index (κ3) is 3.71. The lowest BCUT2D eigenvalue weighted by atomic mass is 9.58. The fourth-order valence-corrected chi connectivity index (χ4v) is 4.10. The molecule has 0 aliphatic heterocycles. The van der Waals surface area contributed by atoms with Crippen molar-refractivity contribution >= 4 is 0 Å². The second-order valence-electron chi connectivity index (χ2n) is 7.38. The maximum atomic E-state index is 14.1. The minimum atomic E-state index is -9.14. The summed E-state index contributed by atoms with van der Waals surface area (Å²) in [7, 11) is 0. The van der Waals surface area contributed by atoms with Gasteiger partial charge in [0.1, 0.15) is 0 Å². The Hall–Kier alpha value is -1.68. The van der Waals surface area contributed by atoms with Crippen LogP contribution in [0.2, 0.25) is 0 Å². The van der Waals surface area contributed by atoms with E-state index in [1.165, 1.54) is 0 Å². The molecule has 0 aromatic heterocycles. The highest BCUT2D eigenvalue weighted by Crippen LogP contribution is 2.81. The molecule has 0 spiro atoms. The van der Waals surface area contributed by atoms with Gasteiger partial charge >= 0.3 is 54.8 Å². The summed E-state index contributed by atoms with van der Waals surface area (Å²) in [5.41, 5.74) is -18.3. The van der Waals surface area contributed by atoms with Crippen molar-refractivity contribution in [2.75, 3.05) is 0 Å². The fourth-order valence-electron chi connectivity index (χ4n) is 4.10. The lowest BCUT2D eigenvalue weighted by Crippen LogP contribution is -2.73. The van der Waals surface area contributed by atoms with Crippen LogP contribution in [-0.4, -0.2) is 54.8 Å². The van der Waals surface area contributed by atoms with Crippen LogP contribution in [0, 0.1) is 22.7 Å². The Morgan fingerprint density at radius 2 is 0.432 bits per heavy atom. The molecule has 0 bridgehead atoms. The van der Waals surface area contributed by atoms with E-state index in [9.17, 15) is 105 Å². The number of halogens is 24. The summed E-state index contributed by atoms with van der Waals surface area (Å²) in [6, 6.07) is 0. The number of rotatable bonds is 2. The maximum Gasteiger partial charge on any atom is 0.412 e. The van der Waals surface area contributed by atoms with E-state index >= 15 is 0 Å². The van der Waals surface area contributed by atoms with Gasteiger partial charge in [0, 0.05) is 0 Å². The first-order valence-electron chi connectivity index (χ1n) is 8.02. The molecule has 0 radical (unpaired) electrons. The fraction of sp³-hybridized carbons (Fsp3) is 1.00. The normalized spacial score (nSPS) is 25.9. The first-order valence-corrected chi connectivity index (χ1v) is 8.02. The van der Waals surface area contributed by atoms with E-state index in [4.69, 9.17) is 0 Å². The van der Waals surface area contributed by atoms with Crippen molar-refractivity contribution < 1.29 is 105 Å². The van der Waals surface area contributed by atoms with Gasteiger partial charge in [-0.05, 0) is 0 Å². The molecule has 1 rings (SSSR count). The molecule has 0 saturated heterocycles. The molecule has 222 valence electrons. The van der Waals surface area contributed by atoms with Crippen molar-refractivity contribution in [1.29, 1.82) is 0 Å². The van der Waals surface area contributed by atoms with E-state index in [-0.39, 0.29) is 0 Å². The predicted molar refractivity (Wildman–Crippen MR) is 63.0 cm³/mol. The zero-order valence-electron chi connectivity index (χ0n) is 15.7. The Morgan fingerprint density at radius 1 is 0.297 bits per heavy atom. The molecule has 37 heavy (non-hydrogen) atoms. The highest BCUT2D eigenvalue weighted by molar-refractivity contribution is 5.27. The average Bonchev–Trinajstić information content (AvgIpc) is 2.57. The summed E-state index contributed by atoms with van der Waals surface area (Å²) >= 11 is 0. The molecule has 1 aliphatic rings. The van der Waals surface area contributed by atoms with Gasteiger partial charge < -0.3 is 0 Å². The van der Waals surface area contributed by atoms with E-state index in [0.29, 0.717) is 0 Å². The molecule has 0 heterocycles. The minimum absolute atomic E-state index is 7.85. The van der Waals surface area contributed by atoms with Crippen LogP contribution in [0.4, 0.5) is 105 Å². The summed E-state index contributed by atoms with van der Waals surface area (Å²) in [6.07, 6.45) is -53.3. The highest BCUT2D eigenvalue weighted by Gasteiger charge is 3.04. The average molecular weight is 614 g/mol. The molecule has 0 aromatic rings. The molecule has 0 amide bonds. The van der Waals surface area contributed by atoms with Gasteiger partial charge in [0.15, 0.2) is 0 Å². The van der Waals surface area contributed by atoms with Crippen LogP contribution in [0.15, 0.2) is 0 Å². The van der Waals surface area contributed by atoms with E-state index < -0.39 is 77.5 Å². The summed E-state index contributed by atoms with van der Waals surface area (Å²) in [4.78, 5) is 0. The van der Waals surface area contributed by atoms with Gasteiger partial charge in [-0.1, -0.05) is 0 Å². The lowest BCUT2D eigenvalue weighted by Gasteiger charge is -2.50. The first-order chi connectivity index (χ1) is 15.5. The molecule has 2 unspecified atom stereocenters. The van der Waals surface area contributed by atoms with E-state index in [0.717, 1.165) is 0 Å². The summed E-state index contributed by atoms with van der Waals surface area (Å²) in [5, 5.41) is 0. The van der Waals surface area contributed by atoms with Gasteiger partial charge in [0.2, 0.25) is 0 Å². The number of hydrogen-bond donors (Lipinski definition) is 0. The Labute approximate surface area is 184 Å². The third-order valence-corrected chi connectivity index (χ3v) is 5.57. The van der Waals surface area contributed by atoms with E-state index in [1.54, 1.807) is 0 Å². The Morgan fingerprint density at radius 3 is 0.541 bits per heavy atom. The standard InChI is InChI=1S/C13H2F24/c14-5(15)1(3(8(20,21)22,9(23,24)25)10(26,27)28)2(6(16,17)7(5,18)19)4(11(29,30)31,12(32,33)34)13(35,36)37/h1-2H. The largest absolute Gasteiger partial charge is 0.412 e. The molecule has 0 nitrogen and oxygen atoms in total. The SMILES string of the molecule is FC(F)(F)C(C1C(C(C(F)(F)F)(C(F)(F)F)C(F)(F)F)C(F)(F)C(F)(F)C1(F)F)(C(F)(F)F)C(F)(F)F. The van der Waals surface area contributed by atoms with Crippen LogP contribution in [0.5, 0.6) is 0 Å². The van der Waals surface area contributed by atoms with Crippen LogP contribution in [-0.2, 0) is 0 Å². The molecule has 24 heteroatoms. The van der Waals surface area contributed by atoms with Crippen molar-refractivity contribution in [3.63, 3.8) is 0 Å². The van der Waals surface area contributed by atoms with Gasteiger partial charge in [-0.25, -0.2) is 0 Å². The molecule has 2 atom stereocenters. The maximum absolute atomic E-state index is 14.1. The van der Waals surface area contributed by atoms with Crippen molar-refractivity contribution in [2.24, 2.45) is 22.7 Å². The number of alkyl halides is 24. The van der Waals surface area contributed by atoms with E-state index in [1.807, 2.05) is 0 Å². The molecule has 0 N–H and O–H groups in total. The minimum Gasteiger partial charge on any atom is -0.199 e. The lowest BCUT2D eigenvalue weighted by molar-refractivity contribution is -0.492. The van der Waals surface area contributed by atoms with Gasteiger partial charge in [0.05, 0.1) is 11.8 Å². The van der Waals surface area contributed by atoms with Crippen LogP contribution in [0.3, 0.4) is 0 Å². The third-order valence-electron chi connectivity index (χ3n) is 5.57. The smallest absolute Gasteiger partial charge is 0.199 e. The first kappa shape index (κ1) is 33.3. The van der Waals surface area contributed by atoms with Crippen molar-refractivity contribution in [1.82, 2.24) is 0 Å². The van der Waals surface area contributed by atoms with Gasteiger partial charge in [-0.3, -0.25) is 0 Å². The summed E-state index contributed by atoms with van der Waals surface area (Å²) < 4.78 is 321. The number of hydrogen-bond acceptors (Lipinski definition) is 0. The van der Waals surface area contributed by atoms with Crippen LogP contribution in [0.1, 0.15) is 0 Å². The predicted octanol–water partition coefficient (Wildman–Crippen LogP) is 8.48. The monoisotopic (exact) mass is 614 g/mol. The van der Waals surface area contributed by atoms with Gasteiger partial charge in [-0.2, -0.15) is 105 Å². The van der Waals surface area contributed by atoms with Gasteiger partial charge in [-0.15, -0.1) is 0 Å². The molecule has 1 saturated carbocycles. The zero-order valence-corrected chi connectivity index (χ0v) is 15.7. The molecule has 0 aromatic carbocycles. The van der Waals surface area contributed by atoms with Crippen molar-refractivity contribution in [3.8, 4) is 0 Å². The Balaban J connectivity index is 4.85. The molecular weight excluding hydrogens is 612 g/mol. The van der Waals surface area contributed by atoms with Crippen molar-refractivity contribution in [3.05, 3.63) is 0 Å². The molecule has 1 fully saturated rings. The van der Waals surface area contributed by atoms with E-state index in [2.05, 4.69) is 0 Å². The Kier molecular flexibility index (Phi) is 6.94.